The zero-order chi connectivity index (χ0) is 14.8. The smallest absolute Gasteiger partial charge is 0.322 e. The van der Waals surface area contributed by atoms with Crippen molar-refractivity contribution in [3.8, 4) is 5.75 Å². The fraction of sp³-hybridized carbons (Fsp3) is 0.562. The van der Waals surface area contributed by atoms with Crippen molar-refractivity contribution in [2.75, 3.05) is 6.61 Å². The number of carbonyl (C=O) groups is 1. The number of carbonyl (C=O) groups excluding carboxylic acids is 1. The first-order valence-corrected chi connectivity index (χ1v) is 7.13. The van der Waals surface area contributed by atoms with Gasteiger partial charge in [0.2, 0.25) is 0 Å². The minimum absolute atomic E-state index is 0.0920. The van der Waals surface area contributed by atoms with Crippen LogP contribution in [0, 0.1) is 0 Å². The topological polar surface area (TPSA) is 47.6 Å². The minimum atomic E-state index is -0.332. The Balaban J connectivity index is 2.17. The summed E-state index contributed by atoms with van der Waals surface area (Å²) in [7, 11) is 0. The number of hydrogen-bond acceptors (Lipinski definition) is 4. The Morgan fingerprint density at radius 1 is 1.50 bits per heavy atom. The van der Waals surface area contributed by atoms with Crippen molar-refractivity contribution in [3.63, 3.8) is 0 Å². The van der Waals surface area contributed by atoms with E-state index in [9.17, 15) is 4.79 Å². The van der Waals surface area contributed by atoms with Crippen molar-refractivity contribution >= 4 is 5.97 Å². The van der Waals surface area contributed by atoms with Gasteiger partial charge in [0.25, 0.3) is 0 Å². The van der Waals surface area contributed by atoms with Crippen molar-refractivity contribution in [1.29, 1.82) is 0 Å². The van der Waals surface area contributed by atoms with Crippen molar-refractivity contribution < 1.29 is 14.3 Å². The van der Waals surface area contributed by atoms with Crippen LogP contribution in [-0.4, -0.2) is 24.2 Å². The Kier molecular flexibility index (Phi) is 4.33. The number of esters is 1. The molecule has 20 heavy (non-hydrogen) atoms. The molecule has 0 bridgehead atoms. The van der Waals surface area contributed by atoms with Crippen molar-refractivity contribution in [2.24, 2.45) is 0 Å². The van der Waals surface area contributed by atoms with Crippen LogP contribution in [0.3, 0.4) is 0 Å². The summed E-state index contributed by atoms with van der Waals surface area (Å²) >= 11 is 0. The lowest BCUT2D eigenvalue weighted by Gasteiger charge is -2.38. The predicted octanol–water partition coefficient (Wildman–Crippen LogP) is 2.83. The van der Waals surface area contributed by atoms with Gasteiger partial charge in [0.05, 0.1) is 6.61 Å². The van der Waals surface area contributed by atoms with Gasteiger partial charge in [-0.05, 0) is 33.8 Å². The van der Waals surface area contributed by atoms with Gasteiger partial charge in [-0.2, -0.15) is 0 Å². The van der Waals surface area contributed by atoms with E-state index in [4.69, 9.17) is 9.47 Å². The second kappa shape index (κ2) is 5.83. The lowest BCUT2D eigenvalue weighted by molar-refractivity contribution is -0.145. The molecule has 0 saturated carbocycles. The van der Waals surface area contributed by atoms with Crippen LogP contribution >= 0.6 is 0 Å². The maximum absolute atomic E-state index is 11.8. The molecular weight excluding hydrogens is 254 g/mol. The minimum Gasteiger partial charge on any atom is -0.487 e. The summed E-state index contributed by atoms with van der Waals surface area (Å²) in [5.74, 6) is 0.673. The summed E-state index contributed by atoms with van der Waals surface area (Å²) < 4.78 is 11.0. The van der Waals surface area contributed by atoms with Gasteiger partial charge >= 0.3 is 5.97 Å². The first-order valence-electron chi connectivity index (χ1n) is 7.13. The standard InChI is InChI=1S/C16H23NO3/c1-5-19-15(18)11(2)17-13-10-16(3,4)20-14-9-7-6-8-12(13)14/h6-9,11,13,17H,5,10H2,1-4H3. The zero-order valence-corrected chi connectivity index (χ0v) is 12.6. The third kappa shape index (κ3) is 3.31. The summed E-state index contributed by atoms with van der Waals surface area (Å²) in [6, 6.07) is 7.73. The molecule has 2 rings (SSSR count). The number of para-hydroxylation sites is 1. The van der Waals surface area contributed by atoms with E-state index in [1.807, 2.05) is 38.1 Å². The first kappa shape index (κ1) is 14.9. The van der Waals surface area contributed by atoms with Crippen molar-refractivity contribution in [2.45, 2.75) is 51.8 Å². The van der Waals surface area contributed by atoms with Gasteiger partial charge in [-0.3, -0.25) is 10.1 Å². The molecule has 2 unspecified atom stereocenters. The molecule has 0 fully saturated rings. The predicted molar refractivity (Wildman–Crippen MR) is 77.7 cm³/mol. The van der Waals surface area contributed by atoms with Crippen LogP contribution in [-0.2, 0) is 9.53 Å². The Bertz CT molecular complexity index is 484. The molecular formula is C16H23NO3. The lowest BCUT2D eigenvalue weighted by atomic mass is 9.89. The van der Waals surface area contributed by atoms with E-state index >= 15 is 0 Å². The summed E-state index contributed by atoms with van der Waals surface area (Å²) in [6.07, 6.45) is 0.813. The molecule has 1 aliphatic heterocycles. The first-order chi connectivity index (χ1) is 9.43. The zero-order valence-electron chi connectivity index (χ0n) is 12.6. The number of fused-ring (bicyclic) bond motifs is 1. The molecule has 0 aromatic heterocycles. The second-order valence-electron chi connectivity index (χ2n) is 5.80. The molecule has 1 N–H and O–H groups in total. The highest BCUT2D eigenvalue weighted by molar-refractivity contribution is 5.75. The van der Waals surface area contributed by atoms with Gasteiger partial charge in [-0.15, -0.1) is 0 Å². The average molecular weight is 277 g/mol. The van der Waals surface area contributed by atoms with Gasteiger partial charge < -0.3 is 9.47 Å². The molecule has 0 radical (unpaired) electrons. The number of rotatable bonds is 4. The molecule has 4 heteroatoms. The van der Waals surface area contributed by atoms with Crippen LogP contribution in [0.2, 0.25) is 0 Å². The molecule has 0 aliphatic carbocycles. The third-order valence-corrected chi connectivity index (χ3v) is 3.47. The van der Waals surface area contributed by atoms with E-state index in [1.54, 1.807) is 0 Å². The second-order valence-corrected chi connectivity index (χ2v) is 5.80. The lowest BCUT2D eigenvalue weighted by Crippen LogP contribution is -2.44. The molecule has 110 valence electrons. The molecule has 0 saturated heterocycles. The van der Waals surface area contributed by atoms with Gasteiger partial charge in [0, 0.05) is 18.0 Å². The normalized spacial score (nSPS) is 21.5. The quantitative estimate of drug-likeness (QED) is 0.860. The molecule has 1 aromatic rings. The van der Waals surface area contributed by atoms with Gasteiger partial charge in [-0.1, -0.05) is 18.2 Å². The number of hydrogen-bond donors (Lipinski definition) is 1. The Morgan fingerprint density at radius 3 is 2.90 bits per heavy atom. The summed E-state index contributed by atoms with van der Waals surface area (Å²) in [5, 5.41) is 3.36. The fourth-order valence-corrected chi connectivity index (χ4v) is 2.59. The molecule has 1 aromatic carbocycles. The number of nitrogens with one attached hydrogen (secondary N) is 1. The summed E-state index contributed by atoms with van der Waals surface area (Å²) in [6.45, 7) is 8.18. The van der Waals surface area contributed by atoms with E-state index in [-0.39, 0.29) is 23.7 Å². The van der Waals surface area contributed by atoms with Gasteiger partial charge in [0.1, 0.15) is 17.4 Å². The highest BCUT2D eigenvalue weighted by atomic mass is 16.5. The Morgan fingerprint density at radius 2 is 2.20 bits per heavy atom. The largest absolute Gasteiger partial charge is 0.487 e. The molecule has 1 heterocycles. The monoisotopic (exact) mass is 277 g/mol. The van der Waals surface area contributed by atoms with E-state index in [1.165, 1.54) is 0 Å². The highest BCUT2D eigenvalue weighted by Crippen LogP contribution is 2.39. The van der Waals surface area contributed by atoms with E-state index in [0.29, 0.717) is 6.61 Å². The maximum Gasteiger partial charge on any atom is 0.322 e. The maximum atomic E-state index is 11.8. The van der Waals surface area contributed by atoms with Crippen molar-refractivity contribution in [1.82, 2.24) is 5.32 Å². The molecule has 1 aliphatic rings. The van der Waals surface area contributed by atoms with Gasteiger partial charge in [-0.25, -0.2) is 0 Å². The van der Waals surface area contributed by atoms with Crippen LogP contribution in [0.5, 0.6) is 5.75 Å². The molecule has 4 nitrogen and oxygen atoms in total. The van der Waals surface area contributed by atoms with Crippen LogP contribution in [0.25, 0.3) is 0 Å². The summed E-state index contributed by atoms with van der Waals surface area (Å²) in [5.41, 5.74) is 0.850. The third-order valence-electron chi connectivity index (χ3n) is 3.47. The SMILES string of the molecule is CCOC(=O)C(C)NC1CC(C)(C)Oc2ccccc21. The number of ether oxygens (including phenoxy) is 2. The van der Waals surface area contributed by atoms with E-state index in [2.05, 4.69) is 19.2 Å². The highest BCUT2D eigenvalue weighted by Gasteiger charge is 2.34. The Labute approximate surface area is 120 Å². The van der Waals surface area contributed by atoms with E-state index < -0.39 is 0 Å². The fourth-order valence-electron chi connectivity index (χ4n) is 2.59. The van der Waals surface area contributed by atoms with Crippen LogP contribution in [0.1, 0.15) is 45.7 Å². The average Bonchev–Trinajstić information content (AvgIpc) is 2.37. The van der Waals surface area contributed by atoms with Crippen LogP contribution in [0.4, 0.5) is 0 Å². The molecule has 0 spiro atoms. The summed E-state index contributed by atoms with van der Waals surface area (Å²) in [4.78, 5) is 11.8. The van der Waals surface area contributed by atoms with Crippen molar-refractivity contribution in [3.05, 3.63) is 29.8 Å². The molecule has 0 amide bonds. The van der Waals surface area contributed by atoms with Gasteiger partial charge in [0.15, 0.2) is 0 Å². The Hall–Kier alpha value is -1.55. The van der Waals surface area contributed by atoms with Crippen LogP contribution < -0.4 is 10.1 Å². The van der Waals surface area contributed by atoms with E-state index in [0.717, 1.165) is 17.7 Å². The molecule has 2 atom stereocenters. The number of benzene rings is 1. The van der Waals surface area contributed by atoms with Crippen LogP contribution in [0.15, 0.2) is 24.3 Å².